The number of likely N-dealkylation sites (N-methyl/N-ethyl adjacent to an activating group) is 1. The molecule has 252 valence electrons. The van der Waals surface area contributed by atoms with E-state index in [4.69, 9.17) is 9.47 Å². The molecule has 6 aliphatic rings. The van der Waals surface area contributed by atoms with Crippen LogP contribution in [0.3, 0.4) is 0 Å². The van der Waals surface area contributed by atoms with Gasteiger partial charge in [-0.2, -0.15) is 0 Å². The molecule has 0 radical (unpaired) electrons. The number of carbonyl (C=O) groups is 1. The molecule has 4 aromatic rings. The van der Waals surface area contributed by atoms with Gasteiger partial charge in [0.05, 0.1) is 20.1 Å². The van der Waals surface area contributed by atoms with E-state index < -0.39 is 0 Å². The van der Waals surface area contributed by atoms with Gasteiger partial charge in [-0.15, -0.1) is 0 Å². The van der Waals surface area contributed by atoms with Crippen LogP contribution < -0.4 is 4.74 Å². The molecule has 6 heterocycles. The van der Waals surface area contributed by atoms with E-state index in [9.17, 15) is 4.79 Å². The second-order valence-electron chi connectivity index (χ2n) is 15.6. The average molecular weight is 647 g/mol. The lowest BCUT2D eigenvalue weighted by atomic mass is 9.65. The number of allylic oxidation sites excluding steroid dienone is 1. The minimum atomic E-state index is -0.239. The lowest BCUT2D eigenvalue weighted by Gasteiger charge is -2.53. The van der Waals surface area contributed by atoms with Crippen LogP contribution in [-0.2, 0) is 22.4 Å². The first-order valence-electron chi connectivity index (χ1n) is 18.4. The number of para-hydroxylation sites is 1. The molecule has 0 amide bonds. The molecule has 4 fully saturated rings. The Bertz CT molecular complexity index is 1940. The Morgan fingerprint density at radius 1 is 1.00 bits per heavy atom. The van der Waals surface area contributed by atoms with Crippen LogP contribution in [0, 0.1) is 23.7 Å². The van der Waals surface area contributed by atoms with Crippen molar-refractivity contribution in [2.75, 3.05) is 40.9 Å². The third-order valence-corrected chi connectivity index (χ3v) is 13.5. The van der Waals surface area contributed by atoms with E-state index in [1.807, 2.05) is 7.11 Å². The maximum atomic E-state index is 13.7. The number of esters is 1. The van der Waals surface area contributed by atoms with Crippen molar-refractivity contribution >= 4 is 27.8 Å². The summed E-state index contributed by atoms with van der Waals surface area (Å²) in [5.41, 5.74) is 10.5. The normalized spacial score (nSPS) is 33.6. The molecular weight excluding hydrogens is 596 g/mol. The van der Waals surface area contributed by atoms with E-state index in [0.29, 0.717) is 12.0 Å². The standard InChI is InChI=1S/C41H50N4O3/c1-6-23-14-22-15-32-38-26(12-13-45(20-22)40(23)32)28-19-36(47-4)29(17-34(28)43-38)30-16-27-24(7-2)21-44(3)35(37(27)41(46)48-5)18-31-25-10-8-9-11-33(25)42-39(30)31/h7-11,17,19,22-23,27,30,32,35,37,40,42-43H,6,12-16,18,20-21H2,1-5H3/b24-7+/t22-,23-,27+,30-,32-,35-,37-,40-/m0/s1. The predicted molar refractivity (Wildman–Crippen MR) is 191 cm³/mol. The number of H-pyrrole nitrogens is 2. The monoisotopic (exact) mass is 646 g/mol. The number of rotatable bonds is 4. The Labute approximate surface area is 284 Å². The molecule has 6 bridgehead atoms. The van der Waals surface area contributed by atoms with Crippen molar-refractivity contribution in [2.24, 2.45) is 23.7 Å². The number of nitrogens with zero attached hydrogens (tertiary/aromatic N) is 2. The molecule has 7 nitrogen and oxygen atoms in total. The number of aromatic nitrogens is 2. The lowest BCUT2D eigenvalue weighted by Crippen LogP contribution is -2.56. The summed E-state index contributed by atoms with van der Waals surface area (Å²) >= 11 is 0. The SMILES string of the molecule is C/C=C1\CN(C)[C@H]2Cc3c([nH]c4ccccc34)[C@H](c3cc4[nH]c5c(c4cc3OC)CCN3C[C@H]4C[C@H](CC)[C@H]3[C@H]5C4)C[C@H]1[C@@H]2C(=O)OC. The van der Waals surface area contributed by atoms with Crippen molar-refractivity contribution in [3.8, 4) is 5.75 Å². The summed E-state index contributed by atoms with van der Waals surface area (Å²) in [6, 6.07) is 14.1. The number of fused-ring (bicyclic) bond motifs is 9. The van der Waals surface area contributed by atoms with Gasteiger partial charge in [0, 0.05) is 82.3 Å². The van der Waals surface area contributed by atoms with Gasteiger partial charge < -0.3 is 19.4 Å². The minimum Gasteiger partial charge on any atom is -0.496 e. The molecule has 9 atom stereocenters. The maximum Gasteiger partial charge on any atom is 0.310 e. The Morgan fingerprint density at radius 3 is 2.62 bits per heavy atom. The molecule has 10 rings (SSSR count). The Hall–Kier alpha value is -3.55. The topological polar surface area (TPSA) is 73.6 Å². The van der Waals surface area contributed by atoms with E-state index in [2.05, 4.69) is 83.1 Å². The smallest absolute Gasteiger partial charge is 0.310 e. The average Bonchev–Trinajstić information content (AvgIpc) is 3.62. The largest absolute Gasteiger partial charge is 0.496 e. The summed E-state index contributed by atoms with van der Waals surface area (Å²) in [4.78, 5) is 26.9. The van der Waals surface area contributed by atoms with Crippen molar-refractivity contribution < 1.29 is 14.3 Å². The van der Waals surface area contributed by atoms with Crippen LogP contribution in [0.2, 0.25) is 0 Å². The molecular formula is C41H50N4O3. The number of benzene rings is 2. The van der Waals surface area contributed by atoms with E-state index >= 15 is 0 Å². The molecule has 2 aliphatic carbocycles. The molecule has 2 aromatic carbocycles. The molecule has 0 spiro atoms. The predicted octanol–water partition coefficient (Wildman–Crippen LogP) is 7.16. The number of likely N-dealkylation sites (tertiary alicyclic amines) is 1. The second kappa shape index (κ2) is 11.5. The Balaban J connectivity index is 1.23. The van der Waals surface area contributed by atoms with Gasteiger partial charge in [0.2, 0.25) is 0 Å². The lowest BCUT2D eigenvalue weighted by molar-refractivity contribution is -0.151. The zero-order valence-corrected chi connectivity index (χ0v) is 29.1. The molecule has 3 saturated heterocycles. The van der Waals surface area contributed by atoms with Crippen LogP contribution in [0.4, 0.5) is 0 Å². The van der Waals surface area contributed by atoms with Crippen molar-refractivity contribution in [1.29, 1.82) is 0 Å². The zero-order chi connectivity index (χ0) is 32.8. The van der Waals surface area contributed by atoms with Crippen LogP contribution in [0.5, 0.6) is 5.75 Å². The molecule has 48 heavy (non-hydrogen) atoms. The summed E-state index contributed by atoms with van der Waals surface area (Å²) < 4.78 is 11.9. The molecule has 4 aliphatic heterocycles. The van der Waals surface area contributed by atoms with Crippen molar-refractivity contribution in [2.45, 2.75) is 76.3 Å². The minimum absolute atomic E-state index is 0.0250. The number of hydrogen-bond acceptors (Lipinski definition) is 5. The summed E-state index contributed by atoms with van der Waals surface area (Å²) in [6.07, 6.45) is 8.91. The first-order chi connectivity index (χ1) is 23.4. The fourth-order valence-electron chi connectivity index (χ4n) is 11.4. The number of aromatic amines is 2. The molecule has 1 unspecified atom stereocenters. The van der Waals surface area contributed by atoms with Gasteiger partial charge in [-0.05, 0) is 93.2 Å². The summed E-state index contributed by atoms with van der Waals surface area (Å²) in [6.45, 7) is 7.81. The third-order valence-electron chi connectivity index (χ3n) is 13.5. The van der Waals surface area contributed by atoms with Crippen LogP contribution >= 0.6 is 0 Å². The summed E-state index contributed by atoms with van der Waals surface area (Å²) in [5.74, 6) is 2.89. The highest BCUT2D eigenvalue weighted by molar-refractivity contribution is 5.89. The molecule has 2 aromatic heterocycles. The van der Waals surface area contributed by atoms with Gasteiger partial charge >= 0.3 is 5.97 Å². The van der Waals surface area contributed by atoms with Crippen LogP contribution in [0.25, 0.3) is 21.8 Å². The number of ether oxygens (including phenoxy) is 2. The van der Waals surface area contributed by atoms with Crippen molar-refractivity contribution in [3.63, 3.8) is 0 Å². The number of carbonyl (C=O) groups excluding carboxylic acids is 1. The molecule has 1 saturated carbocycles. The van der Waals surface area contributed by atoms with Gasteiger partial charge in [0.25, 0.3) is 0 Å². The van der Waals surface area contributed by atoms with E-state index in [-0.39, 0.29) is 29.8 Å². The van der Waals surface area contributed by atoms with Gasteiger partial charge in [-0.1, -0.05) is 43.2 Å². The highest BCUT2D eigenvalue weighted by atomic mass is 16.5. The number of piperidine rings is 3. The number of hydrogen-bond donors (Lipinski definition) is 2. The zero-order valence-electron chi connectivity index (χ0n) is 29.1. The van der Waals surface area contributed by atoms with E-state index in [1.54, 1.807) is 7.11 Å². The van der Waals surface area contributed by atoms with Crippen LogP contribution in [-0.4, -0.2) is 78.7 Å². The first-order valence-corrected chi connectivity index (χ1v) is 18.4. The van der Waals surface area contributed by atoms with Crippen molar-refractivity contribution in [3.05, 3.63) is 76.1 Å². The maximum absolute atomic E-state index is 13.7. The van der Waals surface area contributed by atoms with E-state index in [1.165, 1.54) is 75.7 Å². The number of methoxy groups -OCH3 is 2. The fourth-order valence-corrected chi connectivity index (χ4v) is 11.4. The molecule has 7 heteroatoms. The van der Waals surface area contributed by atoms with Crippen LogP contribution in [0.15, 0.2) is 48.0 Å². The summed E-state index contributed by atoms with van der Waals surface area (Å²) in [5, 5.41) is 2.57. The van der Waals surface area contributed by atoms with Crippen LogP contribution in [0.1, 0.15) is 79.4 Å². The van der Waals surface area contributed by atoms with Gasteiger partial charge in [-0.3, -0.25) is 14.6 Å². The van der Waals surface area contributed by atoms with Gasteiger partial charge in [0.1, 0.15) is 5.75 Å². The second-order valence-corrected chi connectivity index (χ2v) is 15.6. The summed E-state index contributed by atoms with van der Waals surface area (Å²) in [7, 11) is 5.54. The highest BCUT2D eigenvalue weighted by Gasteiger charge is 2.50. The first kappa shape index (κ1) is 30.5. The highest BCUT2D eigenvalue weighted by Crippen LogP contribution is 2.53. The van der Waals surface area contributed by atoms with Gasteiger partial charge in [-0.25, -0.2) is 0 Å². The Morgan fingerprint density at radius 2 is 1.83 bits per heavy atom. The fraction of sp³-hybridized carbons (Fsp3) is 0.537. The quantitative estimate of drug-likeness (QED) is 0.182. The van der Waals surface area contributed by atoms with Gasteiger partial charge in [0.15, 0.2) is 0 Å². The van der Waals surface area contributed by atoms with Crippen molar-refractivity contribution in [1.82, 2.24) is 19.8 Å². The van der Waals surface area contributed by atoms with E-state index in [0.717, 1.165) is 55.5 Å². The number of nitrogens with one attached hydrogen (secondary N) is 2. The Kier molecular flexibility index (Phi) is 7.32. The molecule has 2 N–H and O–H groups in total. The third kappa shape index (κ3) is 4.42.